The van der Waals surface area contributed by atoms with Gasteiger partial charge in [-0.1, -0.05) is 130 Å². The zero-order valence-electron chi connectivity index (χ0n) is 23.2. The molecule has 0 N–H and O–H groups in total. The molecule has 0 bridgehead atoms. The maximum Gasteiger partial charge on any atom is 0.256 e. The number of imidazole rings is 1. The van der Waals surface area contributed by atoms with E-state index in [1.54, 1.807) is 5.82 Å². The van der Waals surface area contributed by atoms with Gasteiger partial charge in [-0.3, -0.25) is 0 Å². The SMILES string of the molecule is CCCCCCCCCCCCCCCn1cc[n+](CCCCC)c1CCCCCCCC. The molecule has 0 aliphatic carbocycles. The molecule has 1 aromatic rings. The van der Waals surface area contributed by atoms with Crippen LogP contribution in [0.3, 0.4) is 0 Å². The minimum Gasteiger partial charge on any atom is -0.234 e. The summed E-state index contributed by atoms with van der Waals surface area (Å²) in [5.41, 5.74) is 0. The first-order chi connectivity index (χ1) is 16.3. The predicted molar refractivity (Wildman–Crippen MR) is 147 cm³/mol. The third-order valence-electron chi connectivity index (χ3n) is 7.35. The molecule has 0 atom stereocenters. The zero-order valence-corrected chi connectivity index (χ0v) is 23.2. The molecule has 33 heavy (non-hydrogen) atoms. The molecule has 0 aliphatic heterocycles. The van der Waals surface area contributed by atoms with Gasteiger partial charge in [0, 0.05) is 6.42 Å². The van der Waals surface area contributed by atoms with Gasteiger partial charge in [-0.05, 0) is 32.1 Å². The molecule has 0 saturated carbocycles. The Bertz CT molecular complexity index is 519. The summed E-state index contributed by atoms with van der Waals surface area (Å²) in [5, 5.41) is 0. The molecule has 0 aromatic carbocycles. The van der Waals surface area contributed by atoms with E-state index in [-0.39, 0.29) is 0 Å². The number of aryl methyl sites for hydroxylation is 2. The minimum absolute atomic E-state index is 1.21. The lowest BCUT2D eigenvalue weighted by atomic mass is 10.0. The standard InChI is InChI=1S/C31H61N2/c1-4-7-10-12-14-15-16-17-18-19-20-22-25-28-33-30-29-32(27-24-9-6-3)31(33)26-23-21-13-11-8-5-2/h29-30H,4-28H2,1-3H3/q+1. The highest BCUT2D eigenvalue weighted by molar-refractivity contribution is 4.84. The van der Waals surface area contributed by atoms with Crippen molar-refractivity contribution < 1.29 is 4.57 Å². The van der Waals surface area contributed by atoms with Gasteiger partial charge in [0.2, 0.25) is 0 Å². The molecule has 194 valence electrons. The van der Waals surface area contributed by atoms with Crippen LogP contribution in [0.2, 0.25) is 0 Å². The number of nitrogens with zero attached hydrogens (tertiary/aromatic N) is 2. The first-order valence-corrected chi connectivity index (χ1v) is 15.4. The van der Waals surface area contributed by atoms with E-state index < -0.39 is 0 Å². The summed E-state index contributed by atoms with van der Waals surface area (Å²) in [5.74, 6) is 1.60. The molecule has 0 amide bonds. The molecular formula is C31H61N2+. The summed E-state index contributed by atoms with van der Waals surface area (Å²) in [6, 6.07) is 0. The van der Waals surface area contributed by atoms with Gasteiger partial charge in [0.25, 0.3) is 5.82 Å². The molecule has 1 heterocycles. The van der Waals surface area contributed by atoms with Crippen LogP contribution >= 0.6 is 0 Å². The van der Waals surface area contributed by atoms with Crippen LogP contribution in [0.4, 0.5) is 0 Å². The van der Waals surface area contributed by atoms with Gasteiger partial charge in [0.15, 0.2) is 0 Å². The lowest BCUT2D eigenvalue weighted by Crippen LogP contribution is -2.37. The second-order valence-electron chi connectivity index (χ2n) is 10.6. The van der Waals surface area contributed by atoms with Crippen LogP contribution in [-0.2, 0) is 19.5 Å². The average molecular weight is 462 g/mol. The van der Waals surface area contributed by atoms with E-state index >= 15 is 0 Å². The zero-order chi connectivity index (χ0) is 23.8. The number of unbranched alkanes of at least 4 members (excludes halogenated alkanes) is 19. The molecule has 0 fully saturated rings. The summed E-state index contributed by atoms with van der Waals surface area (Å²) in [6.07, 6.45) is 37.0. The molecule has 1 aromatic heterocycles. The third kappa shape index (κ3) is 16.5. The van der Waals surface area contributed by atoms with Gasteiger partial charge in [-0.25, -0.2) is 9.13 Å². The fourth-order valence-electron chi connectivity index (χ4n) is 5.09. The first-order valence-electron chi connectivity index (χ1n) is 15.4. The Morgan fingerprint density at radius 2 is 0.939 bits per heavy atom. The van der Waals surface area contributed by atoms with Gasteiger partial charge in [0.05, 0.1) is 13.1 Å². The Balaban J connectivity index is 2.20. The van der Waals surface area contributed by atoms with E-state index in [1.165, 1.54) is 161 Å². The normalized spacial score (nSPS) is 11.5. The van der Waals surface area contributed by atoms with Gasteiger partial charge < -0.3 is 0 Å². The number of rotatable bonds is 25. The van der Waals surface area contributed by atoms with Crippen molar-refractivity contribution in [2.75, 3.05) is 0 Å². The van der Waals surface area contributed by atoms with Crippen LogP contribution in [0.25, 0.3) is 0 Å². The predicted octanol–water partition coefficient (Wildman–Crippen LogP) is 9.96. The lowest BCUT2D eigenvalue weighted by molar-refractivity contribution is -0.704. The third-order valence-corrected chi connectivity index (χ3v) is 7.35. The molecule has 1 rings (SSSR count). The Labute approximate surface area is 208 Å². The molecule has 2 heteroatoms. The van der Waals surface area contributed by atoms with E-state index in [0.29, 0.717) is 0 Å². The minimum atomic E-state index is 1.21. The summed E-state index contributed by atoms with van der Waals surface area (Å²) in [7, 11) is 0. The van der Waals surface area contributed by atoms with Crippen LogP contribution < -0.4 is 4.57 Å². The Kier molecular flexibility index (Phi) is 21.1. The van der Waals surface area contributed by atoms with E-state index in [0.717, 1.165) is 0 Å². The second kappa shape index (κ2) is 23.0. The Hall–Kier alpha value is -0.790. The summed E-state index contributed by atoms with van der Waals surface area (Å²) in [6.45, 7) is 9.36. The van der Waals surface area contributed by atoms with E-state index in [1.807, 2.05) is 0 Å². The van der Waals surface area contributed by atoms with Gasteiger partial charge in [-0.2, -0.15) is 0 Å². The fraction of sp³-hybridized carbons (Fsp3) is 0.903. The highest BCUT2D eigenvalue weighted by atomic mass is 15.1. The topological polar surface area (TPSA) is 8.81 Å². The molecule has 0 radical (unpaired) electrons. The molecule has 0 unspecified atom stereocenters. The highest BCUT2D eigenvalue weighted by Gasteiger charge is 2.16. The second-order valence-corrected chi connectivity index (χ2v) is 10.6. The maximum atomic E-state index is 2.59. The maximum absolute atomic E-state index is 2.59. The van der Waals surface area contributed by atoms with Crippen molar-refractivity contribution in [1.82, 2.24) is 4.57 Å². The fourth-order valence-corrected chi connectivity index (χ4v) is 5.09. The van der Waals surface area contributed by atoms with Crippen molar-refractivity contribution in [3.05, 3.63) is 18.2 Å². The van der Waals surface area contributed by atoms with Crippen molar-refractivity contribution in [2.45, 2.75) is 182 Å². The average Bonchev–Trinajstić information content (AvgIpc) is 3.21. The van der Waals surface area contributed by atoms with Crippen LogP contribution in [0, 0.1) is 0 Å². The van der Waals surface area contributed by atoms with E-state index in [9.17, 15) is 0 Å². The quantitative estimate of drug-likeness (QED) is 0.101. The summed E-state index contributed by atoms with van der Waals surface area (Å²) in [4.78, 5) is 0. The van der Waals surface area contributed by atoms with Crippen molar-refractivity contribution in [3.8, 4) is 0 Å². The summed E-state index contributed by atoms with van der Waals surface area (Å²) < 4.78 is 5.17. The molecular weight excluding hydrogens is 400 g/mol. The van der Waals surface area contributed by atoms with Crippen LogP contribution in [0.1, 0.15) is 168 Å². The van der Waals surface area contributed by atoms with Gasteiger partial charge in [-0.15, -0.1) is 0 Å². The van der Waals surface area contributed by atoms with Crippen molar-refractivity contribution in [2.24, 2.45) is 0 Å². The smallest absolute Gasteiger partial charge is 0.234 e. The number of hydrogen-bond donors (Lipinski definition) is 0. The molecule has 2 nitrogen and oxygen atoms in total. The van der Waals surface area contributed by atoms with Crippen LogP contribution in [0.15, 0.2) is 12.4 Å². The Morgan fingerprint density at radius 3 is 1.45 bits per heavy atom. The van der Waals surface area contributed by atoms with E-state index in [4.69, 9.17) is 0 Å². The van der Waals surface area contributed by atoms with E-state index in [2.05, 4.69) is 42.3 Å². The largest absolute Gasteiger partial charge is 0.256 e. The Morgan fingerprint density at radius 1 is 0.515 bits per heavy atom. The summed E-state index contributed by atoms with van der Waals surface area (Å²) >= 11 is 0. The monoisotopic (exact) mass is 461 g/mol. The first kappa shape index (κ1) is 30.2. The van der Waals surface area contributed by atoms with Gasteiger partial charge in [0.1, 0.15) is 12.4 Å². The number of aromatic nitrogens is 2. The molecule has 0 aliphatic rings. The molecule has 0 spiro atoms. The van der Waals surface area contributed by atoms with Crippen molar-refractivity contribution in [1.29, 1.82) is 0 Å². The van der Waals surface area contributed by atoms with Crippen molar-refractivity contribution >= 4 is 0 Å². The van der Waals surface area contributed by atoms with Crippen molar-refractivity contribution in [3.63, 3.8) is 0 Å². The molecule has 0 saturated heterocycles. The van der Waals surface area contributed by atoms with Crippen LogP contribution in [0.5, 0.6) is 0 Å². The number of hydrogen-bond acceptors (Lipinski definition) is 0. The highest BCUT2D eigenvalue weighted by Crippen LogP contribution is 2.14. The van der Waals surface area contributed by atoms with Crippen LogP contribution in [-0.4, -0.2) is 4.57 Å². The van der Waals surface area contributed by atoms with Gasteiger partial charge >= 0.3 is 0 Å². The lowest BCUT2D eigenvalue weighted by Gasteiger charge is -2.06.